The van der Waals surface area contributed by atoms with Crippen molar-refractivity contribution in [2.24, 2.45) is 0 Å². The molecular formula is C49H60Cl2Zr. The van der Waals surface area contributed by atoms with E-state index in [2.05, 4.69) is 160 Å². The van der Waals surface area contributed by atoms with E-state index in [0.29, 0.717) is 3.63 Å². The molecule has 0 atom stereocenters. The Balaban J connectivity index is 0.00000302. The second-order valence-electron chi connectivity index (χ2n) is 17.2. The maximum absolute atomic E-state index is 2.65. The number of halogens is 2. The molecule has 0 aliphatic heterocycles. The van der Waals surface area contributed by atoms with Gasteiger partial charge >= 0.3 is 314 Å². The van der Waals surface area contributed by atoms with Gasteiger partial charge in [-0.1, -0.05) is 0 Å². The number of fused-ring (bicyclic) bond motifs is 3. The van der Waals surface area contributed by atoms with Crippen molar-refractivity contribution in [3.63, 3.8) is 0 Å². The Hall–Kier alpha value is -2.31. The quantitative estimate of drug-likeness (QED) is 0.137. The topological polar surface area (TPSA) is 0 Å². The average Bonchev–Trinajstić information content (AvgIpc) is 3.73. The fourth-order valence-corrected chi connectivity index (χ4v) is 17.5. The van der Waals surface area contributed by atoms with Crippen LogP contribution >= 0.6 is 0 Å². The van der Waals surface area contributed by atoms with Gasteiger partial charge in [-0.2, -0.15) is 0 Å². The first-order valence-electron chi connectivity index (χ1n) is 19.4. The molecule has 2 aliphatic rings. The molecule has 0 nitrogen and oxygen atoms in total. The summed E-state index contributed by atoms with van der Waals surface area (Å²) >= 11 is -2.55. The van der Waals surface area contributed by atoms with Gasteiger partial charge < -0.3 is 24.8 Å². The van der Waals surface area contributed by atoms with Gasteiger partial charge in [-0.25, -0.2) is 0 Å². The van der Waals surface area contributed by atoms with Gasteiger partial charge in [0.1, 0.15) is 0 Å². The van der Waals surface area contributed by atoms with E-state index in [-0.39, 0.29) is 35.6 Å². The molecule has 2 aliphatic carbocycles. The summed E-state index contributed by atoms with van der Waals surface area (Å²) in [6, 6.07) is 26.6. The summed E-state index contributed by atoms with van der Waals surface area (Å²) in [4.78, 5) is 0. The third kappa shape index (κ3) is 8.80. The van der Waals surface area contributed by atoms with Crippen LogP contribution in [0.15, 0.2) is 91.0 Å². The molecule has 0 heterocycles. The van der Waals surface area contributed by atoms with Gasteiger partial charge in [-0.3, -0.25) is 0 Å². The molecule has 0 aromatic heterocycles. The van der Waals surface area contributed by atoms with Crippen LogP contribution in [0.25, 0.3) is 33.4 Å². The zero-order chi connectivity index (χ0) is 35.8. The largest absolute Gasteiger partial charge is 1.00 e. The predicted octanol–water partition coefficient (Wildman–Crippen LogP) is 7.52. The van der Waals surface area contributed by atoms with E-state index in [9.17, 15) is 0 Å². The Morgan fingerprint density at radius 1 is 0.635 bits per heavy atom. The van der Waals surface area contributed by atoms with Gasteiger partial charge in [-0.15, -0.1) is 0 Å². The first-order chi connectivity index (χ1) is 23.8. The van der Waals surface area contributed by atoms with E-state index in [1.54, 1.807) is 14.4 Å². The van der Waals surface area contributed by atoms with Crippen molar-refractivity contribution in [3.05, 3.63) is 124 Å². The van der Waals surface area contributed by atoms with Crippen molar-refractivity contribution in [1.29, 1.82) is 0 Å². The summed E-state index contributed by atoms with van der Waals surface area (Å²) in [7, 11) is 0. The minimum atomic E-state index is -2.55. The van der Waals surface area contributed by atoms with Crippen LogP contribution in [0.1, 0.15) is 127 Å². The van der Waals surface area contributed by atoms with E-state index in [0.717, 1.165) is 6.42 Å². The second kappa shape index (κ2) is 17.4. The zero-order valence-electron chi connectivity index (χ0n) is 33.4. The first kappa shape index (κ1) is 42.4. The molecular weight excluding hydrogens is 751 g/mol. The third-order valence-electron chi connectivity index (χ3n) is 11.1. The van der Waals surface area contributed by atoms with Crippen LogP contribution in [-0.4, -0.2) is 3.21 Å². The minimum Gasteiger partial charge on any atom is -1.00 e. The fourth-order valence-electron chi connectivity index (χ4n) is 8.26. The fraction of sp³-hybridized carbons (Fsp3) is 0.408. The van der Waals surface area contributed by atoms with Crippen molar-refractivity contribution in [3.8, 4) is 33.4 Å². The minimum absolute atomic E-state index is 0. The standard InChI is InChI=1S/C35H37.C9H18.C5H5.2ClH.Zr/c1-22-9-13-24(14-10-22)30-18-26-17-27-19-31(25-15-11-23(2)12-16-25)33(35(6,7)8)21-29(27)28(26)20-32(30)34(3,4)5;1-3-5-7-9-8-6-4-2;1-2-4-5-3-1;;;/h9-16,18,20-21H,17H2,1-8H3;3-8H2,1-2H3;1-5H;2*1H;/q;;;;;+2/p-2. The molecule has 4 aromatic rings. The normalized spacial score (nSPS) is 13.2. The van der Waals surface area contributed by atoms with E-state index in [1.165, 1.54) is 94.2 Å². The number of hydrogen-bond donors (Lipinski definition) is 0. The number of benzene rings is 4. The van der Waals surface area contributed by atoms with Gasteiger partial charge in [0.05, 0.1) is 0 Å². The number of unbranched alkanes of at least 4 members (excludes halogenated alkanes) is 2. The Morgan fingerprint density at radius 2 is 1.13 bits per heavy atom. The van der Waals surface area contributed by atoms with Gasteiger partial charge in [0.25, 0.3) is 0 Å². The zero-order valence-corrected chi connectivity index (χ0v) is 37.4. The Morgan fingerprint density at radius 3 is 1.63 bits per heavy atom. The Kier molecular flexibility index (Phi) is 14.2. The van der Waals surface area contributed by atoms with Crippen LogP contribution in [0.4, 0.5) is 0 Å². The molecule has 0 bridgehead atoms. The molecule has 3 heteroatoms. The van der Waals surface area contributed by atoms with Gasteiger partial charge in [0.2, 0.25) is 0 Å². The maximum atomic E-state index is 2.65. The monoisotopic (exact) mass is 808 g/mol. The van der Waals surface area contributed by atoms with E-state index in [4.69, 9.17) is 0 Å². The number of rotatable bonds is 10. The second-order valence-corrected chi connectivity index (χ2v) is 23.8. The molecule has 0 fully saturated rings. The van der Waals surface area contributed by atoms with Crippen LogP contribution < -0.4 is 28.1 Å². The molecule has 0 N–H and O–H groups in total. The summed E-state index contributed by atoms with van der Waals surface area (Å²) in [5.41, 5.74) is 17.5. The van der Waals surface area contributed by atoms with Crippen molar-refractivity contribution < 1.29 is 46.1 Å². The molecule has 0 spiro atoms. The SMILES string of the molecule is CCCC[C](CCCC)=[Zr+2]([c]1c2c(cc(C(C)(C)C)c1-c1ccc(C)cc1)-c1cc(C(C)(C)C)c(-c3ccc(C)cc3)cc1C2)[CH]1C=CC=C1.[Cl-].[Cl-]. The predicted molar refractivity (Wildman–Crippen MR) is 218 cm³/mol. The average molecular weight is 811 g/mol. The molecule has 52 heavy (non-hydrogen) atoms. The molecule has 0 saturated heterocycles. The number of hydrogen-bond acceptors (Lipinski definition) is 0. The first-order valence-corrected chi connectivity index (χ1v) is 23.3. The van der Waals surface area contributed by atoms with Gasteiger partial charge in [0.15, 0.2) is 0 Å². The van der Waals surface area contributed by atoms with Crippen molar-refractivity contribution in [2.75, 3.05) is 0 Å². The summed E-state index contributed by atoms with van der Waals surface area (Å²) in [5.74, 6) is 0. The van der Waals surface area contributed by atoms with E-state index in [1.807, 2.05) is 3.21 Å². The summed E-state index contributed by atoms with van der Waals surface area (Å²) in [6.45, 7) is 23.7. The van der Waals surface area contributed by atoms with E-state index >= 15 is 0 Å². The van der Waals surface area contributed by atoms with Crippen molar-refractivity contribution in [1.82, 2.24) is 0 Å². The van der Waals surface area contributed by atoms with Gasteiger partial charge in [-0.05, 0) is 0 Å². The maximum Gasteiger partial charge on any atom is -1.00 e. The smallest absolute Gasteiger partial charge is 1.00 e. The molecule has 4 aromatic carbocycles. The summed E-state index contributed by atoms with van der Waals surface area (Å²) in [5, 5.41) is 0. The number of allylic oxidation sites excluding steroid dienone is 4. The summed E-state index contributed by atoms with van der Waals surface area (Å²) in [6.07, 6.45) is 18.6. The molecule has 0 radical (unpaired) electrons. The van der Waals surface area contributed by atoms with Crippen LogP contribution in [0.2, 0.25) is 3.63 Å². The molecule has 6 rings (SSSR count). The molecule has 0 unspecified atom stereocenters. The Labute approximate surface area is 336 Å². The van der Waals surface area contributed by atoms with Crippen LogP contribution in [0.5, 0.6) is 0 Å². The van der Waals surface area contributed by atoms with Crippen LogP contribution in [0.3, 0.4) is 0 Å². The van der Waals surface area contributed by atoms with E-state index < -0.39 is 21.3 Å². The Bertz CT molecular complexity index is 1940. The van der Waals surface area contributed by atoms with Crippen LogP contribution in [0, 0.1) is 13.8 Å². The molecule has 0 saturated carbocycles. The van der Waals surface area contributed by atoms with Gasteiger partial charge in [0, 0.05) is 0 Å². The van der Waals surface area contributed by atoms with Crippen molar-refractivity contribution >= 4 is 6.48 Å². The van der Waals surface area contributed by atoms with Crippen LogP contribution in [-0.2, 0) is 38.5 Å². The number of aryl methyl sites for hydroxylation is 2. The third-order valence-corrected chi connectivity index (χ3v) is 19.4. The van der Waals surface area contributed by atoms with Crippen molar-refractivity contribution in [2.45, 2.75) is 129 Å². The molecule has 274 valence electrons. The summed E-state index contributed by atoms with van der Waals surface area (Å²) < 4.78 is 4.32. The molecule has 0 amide bonds.